The van der Waals surface area contributed by atoms with Gasteiger partial charge >= 0.3 is 5.97 Å². The van der Waals surface area contributed by atoms with Crippen molar-refractivity contribution < 1.29 is 14.1 Å². The van der Waals surface area contributed by atoms with Crippen LogP contribution in [-0.4, -0.2) is 24.4 Å². The molecule has 0 radical (unpaired) electrons. The van der Waals surface area contributed by atoms with Crippen LogP contribution in [0.25, 0.3) is 0 Å². The van der Waals surface area contributed by atoms with Crippen molar-refractivity contribution in [1.29, 1.82) is 0 Å². The van der Waals surface area contributed by atoms with Gasteiger partial charge in [-0.3, -0.25) is 4.79 Å². The second kappa shape index (κ2) is 5.73. The van der Waals surface area contributed by atoms with Gasteiger partial charge in [-0.05, 0) is 13.8 Å². The van der Waals surface area contributed by atoms with E-state index in [1.807, 2.05) is 33.3 Å². The SMILES string of the molecule is CCOC(=O)C(C)Bc1n(C)cc[n+]1CC. The molecule has 0 spiro atoms. The monoisotopic (exact) mass is 223 g/mol. The van der Waals surface area contributed by atoms with Crippen molar-refractivity contribution in [2.75, 3.05) is 6.61 Å². The van der Waals surface area contributed by atoms with Crippen LogP contribution < -0.4 is 10.3 Å². The molecule has 0 fully saturated rings. The lowest BCUT2D eigenvalue weighted by Crippen LogP contribution is -2.53. The predicted octanol–water partition coefficient (Wildman–Crippen LogP) is -0.234. The van der Waals surface area contributed by atoms with Crippen LogP contribution in [0.1, 0.15) is 20.8 Å². The fourth-order valence-electron chi connectivity index (χ4n) is 1.75. The van der Waals surface area contributed by atoms with E-state index in [0.29, 0.717) is 6.61 Å². The van der Waals surface area contributed by atoms with E-state index in [0.717, 1.165) is 19.5 Å². The first-order valence-electron chi connectivity index (χ1n) is 5.80. The van der Waals surface area contributed by atoms with Crippen LogP contribution in [0, 0.1) is 0 Å². The number of rotatable bonds is 5. The van der Waals surface area contributed by atoms with Crippen LogP contribution in [0.5, 0.6) is 0 Å². The van der Waals surface area contributed by atoms with Crippen molar-refractivity contribution >= 4 is 19.0 Å². The Morgan fingerprint density at radius 2 is 2.31 bits per heavy atom. The lowest BCUT2D eigenvalue weighted by atomic mass is 9.64. The first-order chi connectivity index (χ1) is 7.60. The molecule has 0 N–H and O–H groups in total. The normalized spacial score (nSPS) is 12.2. The lowest BCUT2D eigenvalue weighted by molar-refractivity contribution is -0.675. The Morgan fingerprint density at radius 1 is 1.62 bits per heavy atom. The highest BCUT2D eigenvalue weighted by atomic mass is 16.5. The summed E-state index contributed by atoms with van der Waals surface area (Å²) < 4.78 is 9.21. The van der Waals surface area contributed by atoms with Gasteiger partial charge in [-0.1, -0.05) is 6.92 Å². The van der Waals surface area contributed by atoms with Crippen molar-refractivity contribution in [2.45, 2.75) is 33.1 Å². The van der Waals surface area contributed by atoms with E-state index in [1.54, 1.807) is 0 Å². The van der Waals surface area contributed by atoms with E-state index in [9.17, 15) is 4.79 Å². The molecule has 0 saturated heterocycles. The molecule has 1 rings (SSSR count). The zero-order valence-electron chi connectivity index (χ0n) is 10.6. The number of nitrogens with zero attached hydrogens (tertiary/aromatic N) is 2. The molecule has 1 atom stereocenters. The molecule has 0 aliphatic carbocycles. The highest BCUT2D eigenvalue weighted by Crippen LogP contribution is 2.03. The average molecular weight is 223 g/mol. The average Bonchev–Trinajstić information content (AvgIpc) is 2.60. The van der Waals surface area contributed by atoms with Gasteiger partial charge in [0.05, 0.1) is 20.2 Å². The summed E-state index contributed by atoms with van der Waals surface area (Å²) in [5.41, 5.74) is 1.16. The van der Waals surface area contributed by atoms with Gasteiger partial charge in [0.15, 0.2) is 5.72 Å². The van der Waals surface area contributed by atoms with Crippen LogP contribution in [0.2, 0.25) is 5.82 Å². The number of esters is 1. The Bertz CT molecular complexity index is 363. The maximum atomic E-state index is 11.5. The molecular formula is C11H20BN2O2+. The molecule has 4 nitrogen and oxygen atoms in total. The van der Waals surface area contributed by atoms with Gasteiger partial charge in [-0.25, -0.2) is 9.13 Å². The fraction of sp³-hybridized carbons (Fsp3) is 0.636. The number of imidazole rings is 1. The van der Waals surface area contributed by atoms with E-state index in [1.165, 1.54) is 0 Å². The summed E-state index contributed by atoms with van der Waals surface area (Å²) in [7, 11) is 2.72. The first kappa shape index (κ1) is 12.8. The van der Waals surface area contributed by atoms with Gasteiger partial charge in [0.1, 0.15) is 12.4 Å². The first-order valence-corrected chi connectivity index (χ1v) is 5.80. The molecule has 88 valence electrons. The highest BCUT2D eigenvalue weighted by molar-refractivity contribution is 6.56. The number of hydrogen-bond acceptors (Lipinski definition) is 2. The number of hydrogen-bond donors (Lipinski definition) is 0. The van der Waals surface area contributed by atoms with Crippen LogP contribution in [0.3, 0.4) is 0 Å². The molecule has 16 heavy (non-hydrogen) atoms. The fourth-order valence-corrected chi connectivity index (χ4v) is 1.75. The van der Waals surface area contributed by atoms with Gasteiger partial charge in [0.2, 0.25) is 0 Å². The van der Waals surface area contributed by atoms with Crippen LogP contribution in [0.4, 0.5) is 0 Å². The Labute approximate surface area is 97.5 Å². The van der Waals surface area contributed by atoms with Crippen LogP contribution in [-0.2, 0) is 23.1 Å². The molecule has 1 aromatic heterocycles. The predicted molar refractivity (Wildman–Crippen MR) is 64.1 cm³/mol. The second-order valence-electron chi connectivity index (χ2n) is 3.97. The second-order valence-corrected chi connectivity index (χ2v) is 3.97. The van der Waals surface area contributed by atoms with Crippen LogP contribution in [0.15, 0.2) is 12.4 Å². The number of carbonyl (C=O) groups is 1. The minimum atomic E-state index is -0.119. The summed E-state index contributed by atoms with van der Waals surface area (Å²) >= 11 is 0. The maximum Gasteiger partial charge on any atom is 0.301 e. The third kappa shape index (κ3) is 2.87. The molecule has 0 bridgehead atoms. The summed E-state index contributed by atoms with van der Waals surface area (Å²) in [6.07, 6.45) is 4.05. The lowest BCUT2D eigenvalue weighted by Gasteiger charge is -2.07. The van der Waals surface area contributed by atoms with Crippen molar-refractivity contribution in [3.05, 3.63) is 12.4 Å². The quantitative estimate of drug-likeness (QED) is 0.392. The molecular weight excluding hydrogens is 203 g/mol. The summed E-state index contributed by atoms with van der Waals surface area (Å²) in [5.74, 6) is -0.210. The Kier molecular flexibility index (Phi) is 4.59. The van der Waals surface area contributed by atoms with E-state index in [2.05, 4.69) is 16.1 Å². The molecule has 1 heterocycles. The molecule has 0 aliphatic heterocycles. The van der Waals surface area contributed by atoms with Gasteiger partial charge in [-0.2, -0.15) is 0 Å². The molecule has 1 unspecified atom stereocenters. The standard InChI is InChI=1S/C11H20BN2O2/c1-5-14-8-7-13(4)11(14)12-9(3)10(15)16-6-2/h7-9,12H,5-6H2,1-4H3/q+1. The molecule has 0 aromatic carbocycles. The topological polar surface area (TPSA) is 35.1 Å². The van der Waals surface area contributed by atoms with Gasteiger partial charge in [-0.15, -0.1) is 0 Å². The number of ether oxygens (including phenoxy) is 1. The molecule has 5 heteroatoms. The molecule has 0 saturated carbocycles. The van der Waals surface area contributed by atoms with Crippen molar-refractivity contribution in [1.82, 2.24) is 4.57 Å². The summed E-state index contributed by atoms with van der Waals surface area (Å²) in [6, 6.07) is 0. The largest absolute Gasteiger partial charge is 0.466 e. The minimum absolute atomic E-state index is 0.0913. The Hall–Kier alpha value is -1.26. The number of carbonyl (C=O) groups excluding carboxylic acids is 1. The highest BCUT2D eigenvalue weighted by Gasteiger charge is 2.24. The molecule has 1 aromatic rings. The van der Waals surface area contributed by atoms with E-state index < -0.39 is 0 Å². The van der Waals surface area contributed by atoms with Crippen molar-refractivity contribution in [3.63, 3.8) is 0 Å². The van der Waals surface area contributed by atoms with E-state index in [-0.39, 0.29) is 11.8 Å². The minimum Gasteiger partial charge on any atom is -0.466 e. The number of aromatic nitrogens is 2. The number of aryl methyl sites for hydroxylation is 2. The van der Waals surface area contributed by atoms with Crippen LogP contribution >= 0.6 is 0 Å². The van der Waals surface area contributed by atoms with Gasteiger partial charge < -0.3 is 4.74 Å². The summed E-state index contributed by atoms with van der Waals surface area (Å²) in [4.78, 5) is 11.5. The summed E-state index contributed by atoms with van der Waals surface area (Å²) in [6.45, 7) is 7.21. The van der Waals surface area contributed by atoms with E-state index >= 15 is 0 Å². The summed E-state index contributed by atoms with van der Waals surface area (Å²) in [5, 5.41) is 0. The zero-order valence-corrected chi connectivity index (χ0v) is 10.6. The smallest absolute Gasteiger partial charge is 0.301 e. The third-order valence-corrected chi connectivity index (χ3v) is 2.73. The van der Waals surface area contributed by atoms with Crippen molar-refractivity contribution in [3.8, 4) is 0 Å². The maximum absolute atomic E-state index is 11.5. The zero-order chi connectivity index (χ0) is 12.1. The molecule has 0 amide bonds. The van der Waals surface area contributed by atoms with Gasteiger partial charge in [0, 0.05) is 5.82 Å². The Morgan fingerprint density at radius 3 is 2.88 bits per heavy atom. The van der Waals surface area contributed by atoms with E-state index in [4.69, 9.17) is 4.74 Å². The third-order valence-electron chi connectivity index (χ3n) is 2.73. The Balaban J connectivity index is 2.72. The van der Waals surface area contributed by atoms with Crippen molar-refractivity contribution in [2.24, 2.45) is 7.05 Å². The molecule has 0 aliphatic rings. The van der Waals surface area contributed by atoms with Gasteiger partial charge in [0.25, 0.3) is 7.28 Å².